The van der Waals surface area contributed by atoms with Crippen LogP contribution in [0.3, 0.4) is 0 Å². The Hall–Kier alpha value is -1.41. The number of aliphatic hydroxyl groups is 2. The van der Waals surface area contributed by atoms with Gasteiger partial charge in [0.15, 0.2) is 0 Å². The predicted molar refractivity (Wildman–Crippen MR) is 99.3 cm³/mol. The zero-order chi connectivity index (χ0) is 17.9. The Morgan fingerprint density at radius 3 is 2.42 bits per heavy atom. The van der Waals surface area contributed by atoms with Gasteiger partial charge in [0, 0.05) is 17.4 Å². The number of hydroxylamine groups is 2. The average Bonchev–Trinajstić information content (AvgIpc) is 2.67. The van der Waals surface area contributed by atoms with Crippen LogP contribution in [0.2, 0.25) is 0 Å². The minimum atomic E-state index is -0.612. The summed E-state index contributed by atoms with van der Waals surface area (Å²) in [6.07, 6.45) is -1.11. The van der Waals surface area contributed by atoms with E-state index in [1.165, 1.54) is 0 Å². The van der Waals surface area contributed by atoms with Gasteiger partial charge in [-0.1, -0.05) is 60.3 Å². The molecule has 0 unspecified atom stereocenters. The van der Waals surface area contributed by atoms with Crippen molar-refractivity contribution in [1.82, 2.24) is 5.06 Å². The van der Waals surface area contributed by atoms with Crippen LogP contribution in [0.1, 0.15) is 5.56 Å². The minimum Gasteiger partial charge on any atom is -0.394 e. The van der Waals surface area contributed by atoms with E-state index in [0.717, 1.165) is 10.5 Å². The summed E-state index contributed by atoms with van der Waals surface area (Å²) >= 11 is 1.57. The van der Waals surface area contributed by atoms with Crippen molar-refractivity contribution in [2.45, 2.75) is 35.1 Å². The molecular weight excluding hydrogens is 350 g/mol. The van der Waals surface area contributed by atoms with E-state index in [4.69, 9.17) is 9.57 Å². The van der Waals surface area contributed by atoms with Crippen LogP contribution in [0.25, 0.3) is 0 Å². The van der Waals surface area contributed by atoms with Crippen LogP contribution in [0.15, 0.2) is 65.6 Å². The molecule has 2 aromatic carbocycles. The van der Waals surface area contributed by atoms with Gasteiger partial charge in [0.05, 0.1) is 25.4 Å². The van der Waals surface area contributed by atoms with Crippen molar-refractivity contribution in [2.24, 2.45) is 5.92 Å². The van der Waals surface area contributed by atoms with E-state index in [1.54, 1.807) is 16.8 Å². The first kappa shape index (κ1) is 18.0. The Morgan fingerprint density at radius 2 is 1.73 bits per heavy atom. The van der Waals surface area contributed by atoms with Crippen LogP contribution < -0.4 is 0 Å². The fourth-order valence-electron chi connectivity index (χ4n) is 3.60. The molecule has 2 saturated heterocycles. The molecule has 0 aromatic heterocycles. The SMILES string of the molecule is OC[C@H]1O[C@@H](Sc2ccccc2)[C@H]2CON(Cc3ccccc3)[C@@H]1[C@@H]2O. The molecular formula is C20H23NO4S. The monoisotopic (exact) mass is 373 g/mol. The van der Waals surface area contributed by atoms with Crippen LogP contribution in [0.5, 0.6) is 0 Å². The summed E-state index contributed by atoms with van der Waals surface area (Å²) in [7, 11) is 0. The molecule has 0 radical (unpaired) electrons. The fraction of sp³-hybridized carbons (Fsp3) is 0.400. The second-order valence-electron chi connectivity index (χ2n) is 6.66. The maximum atomic E-state index is 11.0. The molecule has 2 aliphatic heterocycles. The highest BCUT2D eigenvalue weighted by molar-refractivity contribution is 7.99. The van der Waals surface area contributed by atoms with Crippen LogP contribution in [0, 0.1) is 5.92 Å². The van der Waals surface area contributed by atoms with E-state index < -0.39 is 12.2 Å². The number of nitrogens with zero attached hydrogens (tertiary/aromatic N) is 1. The van der Waals surface area contributed by atoms with Crippen molar-refractivity contribution in [3.8, 4) is 0 Å². The van der Waals surface area contributed by atoms with Crippen molar-refractivity contribution in [3.63, 3.8) is 0 Å². The first-order valence-corrected chi connectivity index (χ1v) is 9.74. The van der Waals surface area contributed by atoms with E-state index >= 15 is 0 Å². The number of hydrogen-bond donors (Lipinski definition) is 2. The lowest BCUT2D eigenvalue weighted by molar-refractivity contribution is -0.322. The van der Waals surface area contributed by atoms with Gasteiger partial charge in [-0.25, -0.2) is 0 Å². The van der Waals surface area contributed by atoms with E-state index in [1.807, 2.05) is 60.7 Å². The molecule has 0 spiro atoms. The van der Waals surface area contributed by atoms with Crippen molar-refractivity contribution < 1.29 is 19.8 Å². The van der Waals surface area contributed by atoms with Gasteiger partial charge >= 0.3 is 0 Å². The topological polar surface area (TPSA) is 62.2 Å². The highest BCUT2D eigenvalue weighted by Gasteiger charge is 2.51. The summed E-state index contributed by atoms with van der Waals surface area (Å²) in [4.78, 5) is 7.06. The third kappa shape index (κ3) is 3.67. The number of thioether (sulfide) groups is 1. The second kappa shape index (κ2) is 8.08. The average molecular weight is 373 g/mol. The van der Waals surface area contributed by atoms with Gasteiger partial charge in [-0.3, -0.25) is 4.84 Å². The predicted octanol–water partition coefficient (Wildman–Crippen LogP) is 2.29. The zero-order valence-corrected chi connectivity index (χ0v) is 15.2. The number of ether oxygens (including phenoxy) is 1. The molecule has 2 fully saturated rings. The Labute approximate surface area is 157 Å². The van der Waals surface area contributed by atoms with Crippen LogP contribution in [0.4, 0.5) is 0 Å². The highest BCUT2D eigenvalue weighted by atomic mass is 32.2. The molecule has 2 N–H and O–H groups in total. The van der Waals surface area contributed by atoms with Gasteiger partial charge in [-0.05, 0) is 17.7 Å². The maximum absolute atomic E-state index is 11.0. The summed E-state index contributed by atoms with van der Waals surface area (Å²) < 4.78 is 6.18. The molecule has 5 nitrogen and oxygen atoms in total. The number of benzene rings is 2. The van der Waals surface area contributed by atoms with Crippen molar-refractivity contribution in [2.75, 3.05) is 13.2 Å². The molecule has 2 bridgehead atoms. The zero-order valence-electron chi connectivity index (χ0n) is 14.3. The molecule has 26 heavy (non-hydrogen) atoms. The van der Waals surface area contributed by atoms with Gasteiger partial charge in [0.25, 0.3) is 0 Å². The van der Waals surface area contributed by atoms with Crippen LogP contribution in [-0.2, 0) is 16.1 Å². The lowest BCUT2D eigenvalue weighted by Gasteiger charge is -2.51. The summed E-state index contributed by atoms with van der Waals surface area (Å²) in [5.74, 6) is -0.139. The van der Waals surface area contributed by atoms with Gasteiger partial charge in [-0.15, -0.1) is 0 Å². The van der Waals surface area contributed by atoms with Crippen molar-refractivity contribution in [3.05, 3.63) is 66.2 Å². The highest BCUT2D eigenvalue weighted by Crippen LogP contribution is 2.41. The van der Waals surface area contributed by atoms with E-state index in [2.05, 4.69) is 0 Å². The fourth-order valence-corrected chi connectivity index (χ4v) is 4.80. The normalized spacial score (nSPS) is 31.7. The maximum Gasteiger partial charge on any atom is 0.115 e. The number of fused-ring (bicyclic) bond motifs is 2. The molecule has 138 valence electrons. The first-order valence-electron chi connectivity index (χ1n) is 8.86. The third-order valence-electron chi connectivity index (χ3n) is 4.95. The molecule has 4 rings (SSSR count). The van der Waals surface area contributed by atoms with Gasteiger partial charge in [0.1, 0.15) is 11.5 Å². The summed E-state index contributed by atoms with van der Waals surface area (Å²) in [5.41, 5.74) is 0.843. The van der Waals surface area contributed by atoms with E-state index in [-0.39, 0.29) is 24.0 Å². The number of rotatable bonds is 5. The summed E-state index contributed by atoms with van der Waals surface area (Å²) in [5, 5.41) is 22.6. The Balaban J connectivity index is 1.51. The van der Waals surface area contributed by atoms with E-state index in [9.17, 15) is 10.2 Å². The Kier molecular flexibility index (Phi) is 5.59. The van der Waals surface area contributed by atoms with Gasteiger partial charge < -0.3 is 14.9 Å². The Bertz CT molecular complexity index is 660. The molecule has 0 aliphatic carbocycles. The minimum absolute atomic E-state index is 0.139. The van der Waals surface area contributed by atoms with Gasteiger partial charge in [-0.2, -0.15) is 5.06 Å². The van der Waals surface area contributed by atoms with Crippen molar-refractivity contribution >= 4 is 11.8 Å². The van der Waals surface area contributed by atoms with Crippen molar-refractivity contribution in [1.29, 1.82) is 0 Å². The van der Waals surface area contributed by atoms with Gasteiger partial charge in [0.2, 0.25) is 0 Å². The molecule has 2 aromatic rings. The third-order valence-corrected chi connectivity index (χ3v) is 6.19. The molecule has 0 amide bonds. The largest absolute Gasteiger partial charge is 0.394 e. The molecule has 6 heteroatoms. The molecule has 5 atom stereocenters. The standard InChI is InChI=1S/C20H23NO4S/c22-12-17-18-19(23)16(20(25-17)26-15-9-5-2-6-10-15)13-24-21(18)11-14-7-3-1-4-8-14/h1-10,16-20,22-23H,11-13H2/t16-,17+,18-,19+,20-/m0/s1. The quantitative estimate of drug-likeness (QED) is 0.839. The summed E-state index contributed by atoms with van der Waals surface area (Å²) in [6, 6.07) is 19.6. The molecule has 0 saturated carbocycles. The molecule has 2 heterocycles. The van der Waals surface area contributed by atoms with Crippen LogP contribution in [-0.4, -0.2) is 52.2 Å². The second-order valence-corrected chi connectivity index (χ2v) is 7.83. The number of hydrogen-bond acceptors (Lipinski definition) is 6. The number of aliphatic hydroxyl groups excluding tert-OH is 2. The Morgan fingerprint density at radius 1 is 1.04 bits per heavy atom. The van der Waals surface area contributed by atoms with E-state index in [0.29, 0.717) is 13.2 Å². The lowest BCUT2D eigenvalue weighted by atomic mass is 9.89. The molecule has 2 aliphatic rings. The smallest absolute Gasteiger partial charge is 0.115 e. The first-order chi connectivity index (χ1) is 12.8. The lowest BCUT2D eigenvalue weighted by Crippen LogP contribution is -2.66. The van der Waals surface area contributed by atoms with Crippen LogP contribution >= 0.6 is 11.8 Å². The summed E-state index contributed by atoms with van der Waals surface area (Å²) in [6.45, 7) is 0.785.